The van der Waals surface area contributed by atoms with Gasteiger partial charge in [0.05, 0.1) is 12.6 Å². The van der Waals surface area contributed by atoms with E-state index in [2.05, 4.69) is 31.5 Å². The Morgan fingerprint density at radius 2 is 1.82 bits per heavy atom. The van der Waals surface area contributed by atoms with Crippen molar-refractivity contribution in [2.45, 2.75) is 63.1 Å². The van der Waals surface area contributed by atoms with Gasteiger partial charge < -0.3 is 48.3 Å². The maximum absolute atomic E-state index is 12.5. The van der Waals surface area contributed by atoms with Crippen molar-refractivity contribution in [1.29, 1.82) is 0 Å². The van der Waals surface area contributed by atoms with Crippen molar-refractivity contribution >= 4 is 23.9 Å². The SMILES string of the molecule is NC(N)=NCCCC(NC(=O)NC(CCCC[NH3+])C(=O)O)c1nc(C(N)CCC(=O)O)no1. The fourth-order valence-corrected chi connectivity index (χ4v) is 2.85. The van der Waals surface area contributed by atoms with E-state index in [9.17, 15) is 19.5 Å². The minimum absolute atomic E-state index is 0.0413. The zero-order chi connectivity index (χ0) is 24.8. The molecule has 0 aromatic carbocycles. The lowest BCUT2D eigenvalue weighted by atomic mass is 10.1. The van der Waals surface area contributed by atoms with Crippen LogP contribution in [0.2, 0.25) is 0 Å². The van der Waals surface area contributed by atoms with Crippen LogP contribution in [0.25, 0.3) is 0 Å². The summed E-state index contributed by atoms with van der Waals surface area (Å²) in [6.45, 7) is 0.953. The van der Waals surface area contributed by atoms with Crippen LogP contribution in [-0.2, 0) is 9.59 Å². The van der Waals surface area contributed by atoms with Gasteiger partial charge in [-0.3, -0.25) is 9.79 Å². The van der Waals surface area contributed by atoms with Gasteiger partial charge in [0.15, 0.2) is 11.8 Å². The van der Waals surface area contributed by atoms with E-state index in [0.717, 1.165) is 6.42 Å². The summed E-state index contributed by atoms with van der Waals surface area (Å²) in [7, 11) is 0. The number of carbonyl (C=O) groups excluding carboxylic acids is 1. The zero-order valence-electron chi connectivity index (χ0n) is 18.4. The van der Waals surface area contributed by atoms with Gasteiger partial charge in [-0.1, -0.05) is 5.16 Å². The van der Waals surface area contributed by atoms with Crippen molar-refractivity contribution < 1.29 is 34.9 Å². The van der Waals surface area contributed by atoms with E-state index >= 15 is 0 Å². The number of aliphatic carboxylic acids is 2. The predicted molar refractivity (Wildman–Crippen MR) is 115 cm³/mol. The minimum atomic E-state index is -1.15. The molecule has 13 N–H and O–H groups in total. The number of hydrogen-bond donors (Lipinski definition) is 8. The molecule has 1 heterocycles. The number of guanidine groups is 1. The molecule has 2 amide bonds. The minimum Gasteiger partial charge on any atom is -0.481 e. The highest BCUT2D eigenvalue weighted by Gasteiger charge is 2.26. The number of carboxylic acid groups (broad SMARTS) is 2. The summed E-state index contributed by atoms with van der Waals surface area (Å²) >= 11 is 0. The maximum Gasteiger partial charge on any atom is 0.326 e. The number of aliphatic imine (C=N–C) groups is 1. The summed E-state index contributed by atoms with van der Waals surface area (Å²) in [5.41, 5.74) is 20.2. The molecule has 1 aromatic heterocycles. The third kappa shape index (κ3) is 11.1. The Hall–Kier alpha value is -3.46. The van der Waals surface area contributed by atoms with E-state index in [1.807, 2.05) is 0 Å². The average Bonchev–Trinajstić information content (AvgIpc) is 3.23. The van der Waals surface area contributed by atoms with Crippen molar-refractivity contribution in [3.05, 3.63) is 11.7 Å². The number of rotatable bonds is 16. The third-order valence-electron chi connectivity index (χ3n) is 4.60. The second-order valence-electron chi connectivity index (χ2n) is 7.39. The standard InChI is InChI=1S/C18H33N9O6/c19-8-2-1-4-12(16(30)31)25-18(32)24-11(5-3-9-23-17(21)22)15-26-14(27-33-15)10(20)6-7-13(28)29/h10-12H,1-9,19-20H2,(H,28,29)(H,30,31)(H4,21,22,23)(H2,24,25,32)/p+1. The number of carbonyl (C=O) groups is 3. The molecule has 1 rings (SSSR count). The van der Waals surface area contributed by atoms with Crippen LogP contribution in [0.3, 0.4) is 0 Å². The first-order valence-corrected chi connectivity index (χ1v) is 10.6. The highest BCUT2D eigenvalue weighted by molar-refractivity contribution is 5.82. The zero-order valence-corrected chi connectivity index (χ0v) is 18.4. The highest BCUT2D eigenvalue weighted by Crippen LogP contribution is 2.20. The Balaban J connectivity index is 2.87. The first kappa shape index (κ1) is 27.6. The number of nitrogens with two attached hydrogens (primary N) is 3. The molecule has 1 aromatic rings. The quantitative estimate of drug-likeness (QED) is 0.0754. The van der Waals surface area contributed by atoms with E-state index in [4.69, 9.17) is 26.8 Å². The van der Waals surface area contributed by atoms with Gasteiger partial charge in [-0.25, -0.2) is 9.59 Å². The highest BCUT2D eigenvalue weighted by atomic mass is 16.5. The molecular weight excluding hydrogens is 438 g/mol. The fourth-order valence-electron chi connectivity index (χ4n) is 2.85. The van der Waals surface area contributed by atoms with Crippen LogP contribution in [0.1, 0.15) is 68.7 Å². The molecule has 15 nitrogen and oxygen atoms in total. The van der Waals surface area contributed by atoms with Crippen LogP contribution < -0.4 is 33.6 Å². The molecule has 0 spiro atoms. The molecule has 0 fully saturated rings. The molecule has 0 bridgehead atoms. The number of hydrogen-bond acceptors (Lipinski definition) is 8. The van der Waals surface area contributed by atoms with E-state index in [0.29, 0.717) is 25.8 Å². The molecule has 0 saturated carbocycles. The lowest BCUT2D eigenvalue weighted by molar-refractivity contribution is -0.368. The summed E-state index contributed by atoms with van der Waals surface area (Å²) in [6.07, 6.45) is 2.28. The van der Waals surface area contributed by atoms with Gasteiger partial charge in [0.1, 0.15) is 12.1 Å². The summed E-state index contributed by atoms with van der Waals surface area (Å²) in [6, 6.07) is -3.33. The van der Waals surface area contributed by atoms with E-state index < -0.39 is 36.1 Å². The Morgan fingerprint density at radius 3 is 2.42 bits per heavy atom. The monoisotopic (exact) mass is 472 g/mol. The summed E-state index contributed by atoms with van der Waals surface area (Å²) < 4.78 is 5.23. The maximum atomic E-state index is 12.5. The molecule has 0 saturated heterocycles. The number of urea groups is 1. The molecular formula is C18H34N9O6+. The Morgan fingerprint density at radius 1 is 1.09 bits per heavy atom. The number of carboxylic acids is 2. The lowest BCUT2D eigenvalue weighted by Gasteiger charge is -2.18. The van der Waals surface area contributed by atoms with Crippen molar-refractivity contribution in [2.75, 3.05) is 13.1 Å². The molecule has 3 atom stereocenters. The topological polar surface area (TPSA) is 273 Å². The number of quaternary nitrogens is 1. The molecule has 186 valence electrons. The molecule has 0 aliphatic heterocycles. The molecule has 0 radical (unpaired) electrons. The second-order valence-corrected chi connectivity index (χ2v) is 7.39. The second kappa shape index (κ2) is 14.6. The van der Waals surface area contributed by atoms with Crippen molar-refractivity contribution in [2.24, 2.45) is 22.2 Å². The number of amides is 2. The van der Waals surface area contributed by atoms with Crippen LogP contribution in [0, 0.1) is 0 Å². The molecule has 15 heteroatoms. The van der Waals surface area contributed by atoms with Gasteiger partial charge >= 0.3 is 18.0 Å². The van der Waals surface area contributed by atoms with Gasteiger partial charge in [-0.15, -0.1) is 0 Å². The smallest absolute Gasteiger partial charge is 0.326 e. The van der Waals surface area contributed by atoms with Gasteiger partial charge in [0, 0.05) is 13.0 Å². The van der Waals surface area contributed by atoms with E-state index in [-0.39, 0.29) is 43.5 Å². The molecule has 0 aliphatic carbocycles. The summed E-state index contributed by atoms with van der Waals surface area (Å²) in [4.78, 5) is 42.7. The molecule has 33 heavy (non-hydrogen) atoms. The van der Waals surface area contributed by atoms with Gasteiger partial charge in [0.2, 0.25) is 5.89 Å². The lowest BCUT2D eigenvalue weighted by Crippen LogP contribution is -2.50. The van der Waals surface area contributed by atoms with Crippen LogP contribution in [0.5, 0.6) is 0 Å². The first-order valence-electron chi connectivity index (χ1n) is 10.6. The van der Waals surface area contributed by atoms with Crippen molar-refractivity contribution in [3.63, 3.8) is 0 Å². The van der Waals surface area contributed by atoms with Gasteiger partial charge in [-0.2, -0.15) is 4.98 Å². The van der Waals surface area contributed by atoms with Crippen molar-refractivity contribution in [3.8, 4) is 0 Å². The number of unbranched alkanes of at least 4 members (excludes halogenated alkanes) is 1. The predicted octanol–water partition coefficient (Wildman–Crippen LogP) is -1.81. The van der Waals surface area contributed by atoms with Gasteiger partial charge in [0.25, 0.3) is 0 Å². The first-order chi connectivity index (χ1) is 15.6. The van der Waals surface area contributed by atoms with E-state index in [1.165, 1.54) is 0 Å². The van der Waals surface area contributed by atoms with E-state index in [1.54, 1.807) is 0 Å². The fraction of sp³-hybridized carbons (Fsp3) is 0.667. The molecule has 0 aliphatic rings. The Kier molecular flexibility index (Phi) is 12.2. The number of nitrogens with zero attached hydrogens (tertiary/aromatic N) is 3. The average molecular weight is 473 g/mol. The Labute approximate surface area is 190 Å². The normalized spacial score (nSPS) is 13.5. The largest absolute Gasteiger partial charge is 0.481 e. The van der Waals surface area contributed by atoms with Gasteiger partial charge in [-0.05, 0) is 38.5 Å². The van der Waals surface area contributed by atoms with Crippen LogP contribution >= 0.6 is 0 Å². The number of nitrogens with one attached hydrogen (secondary N) is 2. The molecule has 3 unspecified atom stereocenters. The van der Waals surface area contributed by atoms with Crippen molar-refractivity contribution in [1.82, 2.24) is 20.8 Å². The summed E-state index contributed by atoms with van der Waals surface area (Å²) in [5.74, 6) is -2.09. The summed E-state index contributed by atoms with van der Waals surface area (Å²) in [5, 5.41) is 27.0. The van der Waals surface area contributed by atoms with Crippen LogP contribution in [-0.4, -0.2) is 63.4 Å². The number of aromatic nitrogens is 2. The van der Waals surface area contributed by atoms with Crippen LogP contribution in [0.15, 0.2) is 9.52 Å². The third-order valence-corrected chi connectivity index (χ3v) is 4.60. The Bertz CT molecular complexity index is 796. The van der Waals surface area contributed by atoms with Crippen LogP contribution in [0.4, 0.5) is 4.79 Å².